The van der Waals surface area contributed by atoms with Crippen molar-refractivity contribution in [1.29, 1.82) is 0 Å². The first-order valence-corrected chi connectivity index (χ1v) is 32.8. The number of hydrogen-bond donors (Lipinski definition) is 0. The van der Waals surface area contributed by atoms with E-state index in [4.69, 9.17) is 30.2 Å². The van der Waals surface area contributed by atoms with Gasteiger partial charge in [0.1, 0.15) is 0 Å². The molecular formula is C87H73B2ClO4. The van der Waals surface area contributed by atoms with E-state index in [-0.39, 0.29) is 44.1 Å². The van der Waals surface area contributed by atoms with E-state index in [9.17, 15) is 0 Å². The Kier molecular flexibility index (Phi) is 15.1. The standard InChI is InChI=1S/C46H28.C22H30B2O4.C18H11Cl.CH4/c1-3-7-39-29(5-1)17-23-43-41(39)21-19-31-9-11-37(27-45(31)43)35-15-13-34-26-36(16-14-33(34)25-35)38-12-10-32-20-22-42-40-8-4-2-6-30(40)18-24-44(42)46(32)28-38;1-19(2)20(3,4)26-23(25-19)17-11-9-16-14-18(12-10-15(16)13-17)24-27-21(5,6)22(7,8)28-24;19-14-8-5-13-7-9-16-15-4-2-1-3-12(15)6-10-17(16)18(13)11-14;/h1-28H;9-14H,1-8H3;1-11H;1H4. The molecule has 2 saturated heterocycles. The van der Waals surface area contributed by atoms with Crippen molar-refractivity contribution in [2.75, 3.05) is 0 Å². The second-order valence-electron chi connectivity index (χ2n) is 27.4. The highest BCUT2D eigenvalue weighted by atomic mass is 35.5. The zero-order valence-electron chi connectivity index (χ0n) is 53.6. The van der Waals surface area contributed by atoms with Crippen LogP contribution in [0.4, 0.5) is 0 Å². The fraction of sp³-hybridized carbons (Fsp3) is 0.149. The molecule has 2 heterocycles. The maximum absolute atomic E-state index is 6.19. The molecule has 94 heavy (non-hydrogen) atoms. The fourth-order valence-electron chi connectivity index (χ4n) is 13.9. The highest BCUT2D eigenvalue weighted by Crippen LogP contribution is 2.41. The molecule has 18 rings (SSSR count). The lowest BCUT2D eigenvalue weighted by atomic mass is 9.76. The molecule has 0 saturated carbocycles. The summed E-state index contributed by atoms with van der Waals surface area (Å²) in [4.78, 5) is 0. The van der Waals surface area contributed by atoms with Crippen LogP contribution in [0.25, 0.3) is 141 Å². The van der Waals surface area contributed by atoms with Gasteiger partial charge in [0.15, 0.2) is 0 Å². The first-order valence-electron chi connectivity index (χ1n) is 32.4. The predicted octanol–water partition coefficient (Wildman–Crippen LogP) is 23.0. The lowest BCUT2D eigenvalue weighted by Gasteiger charge is -2.32. The Hall–Kier alpha value is -9.36. The van der Waals surface area contributed by atoms with Gasteiger partial charge in [-0.2, -0.15) is 0 Å². The highest BCUT2D eigenvalue weighted by Gasteiger charge is 2.53. The molecule has 4 nitrogen and oxygen atoms in total. The summed E-state index contributed by atoms with van der Waals surface area (Å²) in [6.07, 6.45) is 0. The molecule has 7 heteroatoms. The number of hydrogen-bond acceptors (Lipinski definition) is 4. The Labute approximate surface area is 555 Å². The molecule has 0 spiro atoms. The van der Waals surface area contributed by atoms with Crippen LogP contribution in [-0.2, 0) is 18.6 Å². The summed E-state index contributed by atoms with van der Waals surface area (Å²) in [5, 5.41) is 28.7. The van der Waals surface area contributed by atoms with Crippen LogP contribution in [0.2, 0.25) is 5.02 Å². The van der Waals surface area contributed by atoms with E-state index in [1.807, 2.05) is 12.1 Å². The highest BCUT2D eigenvalue weighted by molar-refractivity contribution is 6.63. The van der Waals surface area contributed by atoms with E-state index < -0.39 is 0 Å². The quantitative estimate of drug-likeness (QED) is 0.130. The van der Waals surface area contributed by atoms with Gasteiger partial charge in [-0.3, -0.25) is 0 Å². The zero-order valence-corrected chi connectivity index (χ0v) is 54.4. The molecule has 0 N–H and O–H groups in total. The Morgan fingerprint density at radius 2 is 0.468 bits per heavy atom. The van der Waals surface area contributed by atoms with Crippen molar-refractivity contribution in [3.63, 3.8) is 0 Å². The van der Waals surface area contributed by atoms with Gasteiger partial charge < -0.3 is 18.6 Å². The minimum Gasteiger partial charge on any atom is -0.399 e. The Balaban J connectivity index is 0.000000129. The Morgan fingerprint density at radius 3 is 0.819 bits per heavy atom. The van der Waals surface area contributed by atoms with Gasteiger partial charge in [-0.1, -0.05) is 256 Å². The Morgan fingerprint density at radius 1 is 0.223 bits per heavy atom. The molecule has 2 aliphatic rings. The normalized spacial score (nSPS) is 15.5. The van der Waals surface area contributed by atoms with Crippen molar-refractivity contribution < 1.29 is 18.6 Å². The first-order chi connectivity index (χ1) is 44.9. The average Bonchev–Trinajstić information content (AvgIpc) is 1.37. The molecule has 0 radical (unpaired) electrons. The monoisotopic (exact) mass is 1240 g/mol. The van der Waals surface area contributed by atoms with E-state index >= 15 is 0 Å². The van der Waals surface area contributed by atoms with Crippen molar-refractivity contribution in [2.45, 2.75) is 85.2 Å². The molecule has 16 aromatic carbocycles. The van der Waals surface area contributed by atoms with Crippen LogP contribution in [0, 0.1) is 0 Å². The number of rotatable bonds is 4. The van der Waals surface area contributed by atoms with Gasteiger partial charge in [0.2, 0.25) is 0 Å². The molecule has 2 fully saturated rings. The van der Waals surface area contributed by atoms with Crippen LogP contribution in [0.1, 0.15) is 62.8 Å². The molecule has 0 atom stereocenters. The lowest BCUT2D eigenvalue weighted by Crippen LogP contribution is -2.41. The van der Waals surface area contributed by atoms with Crippen molar-refractivity contribution in [3.8, 4) is 22.3 Å². The van der Waals surface area contributed by atoms with Gasteiger partial charge in [0, 0.05) is 5.02 Å². The van der Waals surface area contributed by atoms with Gasteiger partial charge in [-0.05, 0) is 243 Å². The summed E-state index contributed by atoms with van der Waals surface area (Å²) in [5.74, 6) is 0. The molecule has 0 amide bonds. The number of benzene rings is 16. The summed E-state index contributed by atoms with van der Waals surface area (Å²) in [5.41, 5.74) is 5.68. The summed E-state index contributed by atoms with van der Waals surface area (Å²) >= 11 is 6.14. The van der Waals surface area contributed by atoms with Crippen LogP contribution < -0.4 is 10.9 Å². The van der Waals surface area contributed by atoms with Crippen LogP contribution >= 0.6 is 11.6 Å². The number of halogens is 1. The molecular weight excluding hydrogens is 1170 g/mol. The number of fused-ring (bicyclic) bond motifs is 17. The van der Waals surface area contributed by atoms with Crippen molar-refractivity contribution in [3.05, 3.63) is 278 Å². The van der Waals surface area contributed by atoms with Crippen LogP contribution in [0.5, 0.6) is 0 Å². The summed E-state index contributed by atoms with van der Waals surface area (Å²) in [6.45, 7) is 16.6. The second-order valence-corrected chi connectivity index (χ2v) is 27.8. The average molecular weight is 1240 g/mol. The van der Waals surface area contributed by atoms with E-state index in [0.717, 1.165) is 26.7 Å². The third kappa shape index (κ3) is 10.7. The summed E-state index contributed by atoms with van der Waals surface area (Å²) in [6, 6.07) is 99.0. The predicted molar refractivity (Wildman–Crippen MR) is 406 cm³/mol. The van der Waals surface area contributed by atoms with Crippen LogP contribution in [-0.4, -0.2) is 36.6 Å². The first kappa shape index (κ1) is 60.9. The summed E-state index contributed by atoms with van der Waals surface area (Å²) < 4.78 is 24.8. The van der Waals surface area contributed by atoms with Gasteiger partial charge >= 0.3 is 14.2 Å². The largest absolute Gasteiger partial charge is 0.494 e. The molecule has 458 valence electrons. The van der Waals surface area contributed by atoms with E-state index in [2.05, 4.69) is 316 Å². The van der Waals surface area contributed by atoms with E-state index in [1.54, 1.807) is 0 Å². The third-order valence-corrected chi connectivity index (χ3v) is 20.9. The van der Waals surface area contributed by atoms with Crippen molar-refractivity contribution >= 4 is 155 Å². The second kappa shape index (κ2) is 23.3. The topological polar surface area (TPSA) is 36.9 Å². The van der Waals surface area contributed by atoms with E-state index in [1.165, 1.54) is 130 Å². The minimum atomic E-state index is -0.350. The van der Waals surface area contributed by atoms with Gasteiger partial charge in [-0.15, -0.1) is 0 Å². The molecule has 0 aromatic heterocycles. The Bertz CT molecular complexity index is 5410. The summed E-state index contributed by atoms with van der Waals surface area (Å²) in [7, 11) is -0.700. The maximum atomic E-state index is 6.19. The molecule has 0 unspecified atom stereocenters. The third-order valence-electron chi connectivity index (χ3n) is 20.6. The lowest BCUT2D eigenvalue weighted by molar-refractivity contribution is 0.00578. The minimum absolute atomic E-state index is 0. The molecule has 16 aromatic rings. The zero-order chi connectivity index (χ0) is 63.5. The van der Waals surface area contributed by atoms with Gasteiger partial charge in [-0.25, -0.2) is 0 Å². The van der Waals surface area contributed by atoms with Crippen molar-refractivity contribution in [1.82, 2.24) is 0 Å². The SMILES string of the molecule is C.CC1(C)OB(c2ccc3cc(B4OC(C)(C)C(C)(C)O4)ccc3c2)OC1(C)C.Clc1ccc2ccc3c4ccccc4ccc3c2c1.c1ccc2c(c1)ccc1c3cc(-c4ccc5cc(-c6ccc7ccc8c9ccccc9ccc8c7c6)ccc5c4)ccc3ccc21. The maximum Gasteiger partial charge on any atom is 0.494 e. The van der Waals surface area contributed by atoms with Gasteiger partial charge in [0.05, 0.1) is 22.4 Å². The van der Waals surface area contributed by atoms with E-state index in [0.29, 0.717) is 0 Å². The molecule has 2 aliphatic heterocycles. The van der Waals surface area contributed by atoms with Crippen LogP contribution in [0.3, 0.4) is 0 Å². The molecule has 0 aliphatic carbocycles. The fourth-order valence-corrected chi connectivity index (χ4v) is 14.1. The van der Waals surface area contributed by atoms with Crippen molar-refractivity contribution in [2.24, 2.45) is 0 Å². The smallest absolute Gasteiger partial charge is 0.399 e. The molecule has 0 bridgehead atoms. The van der Waals surface area contributed by atoms with Gasteiger partial charge in [0.25, 0.3) is 0 Å². The van der Waals surface area contributed by atoms with Crippen LogP contribution in [0.15, 0.2) is 273 Å².